The predicted molar refractivity (Wildman–Crippen MR) is 73.4 cm³/mol. The number of carbonyl (C=O) groups excluding carboxylic acids is 1. The van der Waals surface area contributed by atoms with Gasteiger partial charge in [-0.1, -0.05) is 29.8 Å². The van der Waals surface area contributed by atoms with Crippen molar-refractivity contribution < 1.29 is 9.53 Å². The standard InChI is InChI=1S/C15H23NO2/c1-12-7-6-8-13(9-12)10-16(5)14(17)11-18-15(2,3)4/h6-9H,10-11H2,1-5H3. The summed E-state index contributed by atoms with van der Waals surface area (Å²) in [6, 6.07) is 8.18. The van der Waals surface area contributed by atoms with Crippen molar-refractivity contribution in [2.24, 2.45) is 0 Å². The maximum atomic E-state index is 11.9. The third-order valence-electron chi connectivity index (χ3n) is 2.56. The zero-order valence-electron chi connectivity index (χ0n) is 12.0. The Kier molecular flexibility index (Phi) is 4.91. The van der Waals surface area contributed by atoms with Gasteiger partial charge in [-0.05, 0) is 33.3 Å². The Bertz CT molecular complexity index is 407. The highest BCUT2D eigenvalue weighted by atomic mass is 16.5. The molecular formula is C15H23NO2. The summed E-state index contributed by atoms with van der Waals surface area (Å²) in [4.78, 5) is 13.6. The average Bonchev–Trinajstić information content (AvgIpc) is 2.24. The highest BCUT2D eigenvalue weighted by Crippen LogP contribution is 2.09. The van der Waals surface area contributed by atoms with Crippen molar-refractivity contribution in [2.45, 2.75) is 39.8 Å². The van der Waals surface area contributed by atoms with Crippen LogP contribution in [0.4, 0.5) is 0 Å². The maximum absolute atomic E-state index is 11.9. The number of carbonyl (C=O) groups is 1. The third kappa shape index (κ3) is 5.32. The Labute approximate surface area is 110 Å². The average molecular weight is 249 g/mol. The molecule has 3 nitrogen and oxygen atoms in total. The molecule has 1 aromatic carbocycles. The SMILES string of the molecule is Cc1cccc(CN(C)C(=O)COC(C)(C)C)c1. The van der Waals surface area contributed by atoms with Crippen molar-refractivity contribution in [2.75, 3.05) is 13.7 Å². The quantitative estimate of drug-likeness (QED) is 0.821. The fourth-order valence-electron chi connectivity index (χ4n) is 1.56. The minimum atomic E-state index is -0.278. The van der Waals surface area contributed by atoms with E-state index in [1.165, 1.54) is 5.56 Å². The van der Waals surface area contributed by atoms with Crippen LogP contribution in [0.15, 0.2) is 24.3 Å². The second-order valence-electron chi connectivity index (χ2n) is 5.64. The van der Waals surface area contributed by atoms with Crippen molar-refractivity contribution in [3.63, 3.8) is 0 Å². The molecule has 0 N–H and O–H groups in total. The number of aryl methyl sites for hydroxylation is 1. The summed E-state index contributed by atoms with van der Waals surface area (Å²) in [5.74, 6) is 0.00595. The molecule has 1 rings (SSSR count). The molecule has 0 fully saturated rings. The summed E-state index contributed by atoms with van der Waals surface area (Å²) in [5.41, 5.74) is 2.07. The van der Waals surface area contributed by atoms with Gasteiger partial charge in [0.1, 0.15) is 6.61 Å². The molecule has 100 valence electrons. The smallest absolute Gasteiger partial charge is 0.248 e. The van der Waals surface area contributed by atoms with E-state index in [0.717, 1.165) is 5.56 Å². The first-order valence-electron chi connectivity index (χ1n) is 6.21. The van der Waals surface area contributed by atoms with Gasteiger partial charge in [0.25, 0.3) is 0 Å². The van der Waals surface area contributed by atoms with Gasteiger partial charge in [-0.2, -0.15) is 0 Å². The third-order valence-corrected chi connectivity index (χ3v) is 2.56. The summed E-state index contributed by atoms with van der Waals surface area (Å²) in [6.07, 6.45) is 0. The monoisotopic (exact) mass is 249 g/mol. The van der Waals surface area contributed by atoms with E-state index in [-0.39, 0.29) is 18.1 Å². The van der Waals surface area contributed by atoms with Gasteiger partial charge in [-0.15, -0.1) is 0 Å². The molecule has 0 radical (unpaired) electrons. The molecule has 0 aromatic heterocycles. The number of nitrogens with zero attached hydrogens (tertiary/aromatic N) is 1. The summed E-state index contributed by atoms with van der Waals surface area (Å²) in [5, 5.41) is 0. The molecule has 0 bridgehead atoms. The van der Waals surface area contributed by atoms with Crippen LogP contribution < -0.4 is 0 Å². The van der Waals surface area contributed by atoms with Crippen LogP contribution in [-0.4, -0.2) is 30.1 Å². The predicted octanol–water partition coefficient (Wildman–Crippen LogP) is 2.77. The second kappa shape index (κ2) is 6.01. The van der Waals surface area contributed by atoms with Crippen molar-refractivity contribution in [1.29, 1.82) is 0 Å². The van der Waals surface area contributed by atoms with E-state index >= 15 is 0 Å². The number of amides is 1. The lowest BCUT2D eigenvalue weighted by molar-refractivity contribution is -0.140. The molecule has 0 saturated heterocycles. The van der Waals surface area contributed by atoms with E-state index in [9.17, 15) is 4.79 Å². The second-order valence-corrected chi connectivity index (χ2v) is 5.64. The van der Waals surface area contributed by atoms with Gasteiger partial charge in [-0.25, -0.2) is 0 Å². The Morgan fingerprint density at radius 2 is 2.00 bits per heavy atom. The molecule has 0 heterocycles. The molecule has 0 atom stereocenters. The zero-order valence-corrected chi connectivity index (χ0v) is 12.0. The van der Waals surface area contributed by atoms with E-state index in [1.54, 1.807) is 11.9 Å². The number of rotatable bonds is 4. The fraction of sp³-hybridized carbons (Fsp3) is 0.533. The van der Waals surface area contributed by atoms with Crippen LogP contribution in [-0.2, 0) is 16.1 Å². The molecule has 0 aliphatic carbocycles. The van der Waals surface area contributed by atoms with Gasteiger partial charge in [0.15, 0.2) is 0 Å². The lowest BCUT2D eigenvalue weighted by Gasteiger charge is -2.22. The summed E-state index contributed by atoms with van der Waals surface area (Å²) < 4.78 is 5.48. The molecule has 1 aromatic rings. The van der Waals surface area contributed by atoms with Gasteiger partial charge < -0.3 is 9.64 Å². The molecular weight excluding hydrogens is 226 g/mol. The molecule has 0 spiro atoms. The summed E-state index contributed by atoms with van der Waals surface area (Å²) in [7, 11) is 1.80. The minimum Gasteiger partial charge on any atom is -0.366 e. The van der Waals surface area contributed by atoms with E-state index in [4.69, 9.17) is 4.74 Å². The van der Waals surface area contributed by atoms with Crippen molar-refractivity contribution in [3.05, 3.63) is 35.4 Å². The largest absolute Gasteiger partial charge is 0.366 e. The van der Waals surface area contributed by atoms with Crippen LogP contribution in [0.2, 0.25) is 0 Å². The molecule has 0 aliphatic rings. The van der Waals surface area contributed by atoms with Gasteiger partial charge in [-0.3, -0.25) is 4.79 Å². The van der Waals surface area contributed by atoms with Gasteiger partial charge in [0.2, 0.25) is 5.91 Å². The van der Waals surface area contributed by atoms with Crippen molar-refractivity contribution in [1.82, 2.24) is 4.90 Å². The molecule has 0 saturated carbocycles. The van der Waals surface area contributed by atoms with E-state index in [2.05, 4.69) is 6.07 Å². The Balaban J connectivity index is 2.50. The van der Waals surface area contributed by atoms with Gasteiger partial charge in [0.05, 0.1) is 5.60 Å². The van der Waals surface area contributed by atoms with Crippen molar-refractivity contribution >= 4 is 5.91 Å². The summed E-state index contributed by atoms with van der Waals surface area (Å²) >= 11 is 0. The number of benzene rings is 1. The lowest BCUT2D eigenvalue weighted by atomic mass is 10.1. The number of ether oxygens (including phenoxy) is 1. The van der Waals surface area contributed by atoms with E-state index < -0.39 is 0 Å². The fourth-order valence-corrected chi connectivity index (χ4v) is 1.56. The minimum absolute atomic E-state index is 0.00595. The molecule has 0 unspecified atom stereocenters. The maximum Gasteiger partial charge on any atom is 0.248 e. The first-order chi connectivity index (χ1) is 8.28. The molecule has 18 heavy (non-hydrogen) atoms. The Hall–Kier alpha value is -1.35. The molecule has 3 heteroatoms. The zero-order chi connectivity index (χ0) is 13.8. The van der Waals surface area contributed by atoms with Crippen molar-refractivity contribution in [3.8, 4) is 0 Å². The normalized spacial score (nSPS) is 11.4. The highest BCUT2D eigenvalue weighted by Gasteiger charge is 2.15. The lowest BCUT2D eigenvalue weighted by Crippen LogP contribution is -2.33. The number of likely N-dealkylation sites (N-methyl/N-ethyl adjacent to an activating group) is 1. The van der Waals surface area contributed by atoms with E-state index in [0.29, 0.717) is 6.54 Å². The summed E-state index contributed by atoms with van der Waals surface area (Å²) in [6.45, 7) is 8.64. The topological polar surface area (TPSA) is 29.5 Å². The first kappa shape index (κ1) is 14.7. The Morgan fingerprint density at radius 1 is 1.33 bits per heavy atom. The number of hydrogen-bond donors (Lipinski definition) is 0. The van der Waals surface area contributed by atoms with Crippen LogP contribution in [0.5, 0.6) is 0 Å². The van der Waals surface area contributed by atoms with Gasteiger partial charge >= 0.3 is 0 Å². The molecule has 1 amide bonds. The van der Waals surface area contributed by atoms with Crippen LogP contribution in [0.25, 0.3) is 0 Å². The number of hydrogen-bond acceptors (Lipinski definition) is 2. The highest BCUT2D eigenvalue weighted by molar-refractivity contribution is 5.77. The first-order valence-corrected chi connectivity index (χ1v) is 6.21. The van der Waals surface area contributed by atoms with Gasteiger partial charge in [0, 0.05) is 13.6 Å². The van der Waals surface area contributed by atoms with Crippen LogP contribution >= 0.6 is 0 Å². The van der Waals surface area contributed by atoms with Crippen LogP contribution in [0.1, 0.15) is 31.9 Å². The molecule has 0 aliphatic heterocycles. The van der Waals surface area contributed by atoms with E-state index in [1.807, 2.05) is 45.9 Å². The van der Waals surface area contributed by atoms with Crippen LogP contribution in [0, 0.1) is 6.92 Å². The Morgan fingerprint density at radius 3 is 2.56 bits per heavy atom. The van der Waals surface area contributed by atoms with Crippen LogP contribution in [0.3, 0.4) is 0 Å².